The normalized spacial score (nSPS) is 34.4. The van der Waals surface area contributed by atoms with E-state index in [9.17, 15) is 126 Å². The zero-order chi connectivity index (χ0) is 96.7. The van der Waals surface area contributed by atoms with Crippen molar-refractivity contribution in [2.45, 2.75) is 447 Å². The van der Waals surface area contributed by atoms with E-state index in [1.807, 2.05) is 0 Å². The van der Waals surface area contributed by atoms with Crippen LogP contribution in [-0.4, -0.2) is 400 Å². The van der Waals surface area contributed by atoms with Gasteiger partial charge in [-0.25, -0.2) is 9.59 Å². The van der Waals surface area contributed by atoms with E-state index < -0.39 is 302 Å². The Morgan fingerprint density at radius 3 is 1.18 bits per heavy atom. The number of nitrogens with one attached hydrogen (secondary N) is 4. The van der Waals surface area contributed by atoms with Crippen LogP contribution in [0.5, 0.6) is 0 Å². The smallest absolute Gasteiger partial charge is 0.366 e. The fraction of sp³-hybridized carbons (Fsp3) is 0.909. The van der Waals surface area contributed by atoms with Crippen molar-refractivity contribution in [3.8, 4) is 0 Å². The third-order valence-electron chi connectivity index (χ3n) is 24.9. The molecule has 43 nitrogen and oxygen atoms in total. The second-order valence-electron chi connectivity index (χ2n) is 35.3. The second kappa shape index (κ2) is 59.6. The number of ether oxygens (including phenoxy) is 14. The lowest BCUT2D eigenvalue weighted by Gasteiger charge is -2.53. The highest BCUT2D eigenvalue weighted by molar-refractivity contribution is 5.79. The van der Waals surface area contributed by atoms with Crippen molar-refractivity contribution in [2.24, 2.45) is 0 Å². The molecule has 6 aliphatic rings. The maximum absolute atomic E-state index is 14.7. The molecule has 762 valence electrons. The molecule has 6 aliphatic heterocycles. The minimum atomic E-state index is -3.26. The molecule has 0 radical (unpaired) electrons. The van der Waals surface area contributed by atoms with Crippen LogP contribution in [-0.2, 0) is 95.1 Å². The van der Waals surface area contributed by atoms with Crippen LogP contribution < -0.4 is 21.3 Å². The number of aliphatic hydroxyl groups excluding tert-OH is 19. The quantitative estimate of drug-likeness (QED) is 0.0165. The molecule has 6 saturated heterocycles. The van der Waals surface area contributed by atoms with Crippen LogP contribution in [0.4, 0.5) is 0 Å². The van der Waals surface area contributed by atoms with Gasteiger partial charge in [0.25, 0.3) is 11.6 Å². The SMILES string of the molecule is CCCCCCCCCCCCC/C=C/[C@H](O)[C@@H](CO[C@@H]1O[C@H](CO)[C@@H](O[C@@H]2O[C@H](CO)[C@H](O[C@@H]3O[C@H](CO)[C@H](O)[C@H](O[C@@H]4O[C@H](CO)[C@H](O)[C@H](O[C@@]5(C(=O)OC)C[C@@H](O)[C@H](NC(C)=O)[C@@H](C(O)C(O)CO)O5)[C@H]4O)[C@H]3NC(C)=O)[C@H](O[C@@]3(C(=O)OC)C[C@@H](O)[C@H](NC(C)=O)[C@@H](C(O)C(O)CO)O3)[C@H]2O)[C@H](O)[C@H]1O)NC(=O)CCCCCCCCCCCCCCCCCCC. The van der Waals surface area contributed by atoms with Gasteiger partial charge < -0.3 is 185 Å². The molecule has 23 N–H and O–H groups in total. The van der Waals surface area contributed by atoms with Crippen molar-refractivity contribution in [1.29, 1.82) is 0 Å². The number of carbonyl (C=O) groups excluding carboxylic acids is 6. The fourth-order valence-electron chi connectivity index (χ4n) is 17.6. The summed E-state index contributed by atoms with van der Waals surface area (Å²) in [6.07, 6.45) is -27.6. The Morgan fingerprint density at radius 2 is 0.763 bits per heavy atom. The number of carbonyl (C=O) groups is 6. The summed E-state index contributed by atoms with van der Waals surface area (Å²) in [7, 11) is 1.57. The van der Waals surface area contributed by atoms with Gasteiger partial charge in [-0.2, -0.15) is 0 Å². The van der Waals surface area contributed by atoms with E-state index in [0.717, 1.165) is 99.2 Å². The van der Waals surface area contributed by atoms with Gasteiger partial charge in [0.05, 0.1) is 96.9 Å². The van der Waals surface area contributed by atoms with Gasteiger partial charge in [0.2, 0.25) is 23.6 Å². The number of hydrogen-bond donors (Lipinski definition) is 23. The molecule has 0 bridgehead atoms. The van der Waals surface area contributed by atoms with Crippen molar-refractivity contribution >= 4 is 35.6 Å². The number of aliphatic hydroxyl groups is 19. The molecular formula is C88H156N4O39. The van der Waals surface area contributed by atoms with E-state index in [1.54, 1.807) is 6.08 Å². The molecule has 131 heavy (non-hydrogen) atoms. The van der Waals surface area contributed by atoms with Gasteiger partial charge in [-0.1, -0.05) is 193 Å². The van der Waals surface area contributed by atoms with Gasteiger partial charge in [-0.05, 0) is 19.3 Å². The number of rotatable bonds is 61. The van der Waals surface area contributed by atoms with E-state index in [1.165, 1.54) is 115 Å². The van der Waals surface area contributed by atoms with Crippen molar-refractivity contribution in [2.75, 3.05) is 60.5 Å². The standard InChI is InChI=1S/C88H156N4O39/c1-8-10-12-14-16-18-20-22-23-24-25-27-29-31-33-35-37-39-62(107)92-52(53(102)38-36-34-32-30-28-26-21-19-17-15-13-11-9-2)48-120-82-71(113)70(112)74(60(46-97)123-82)125-84-73(115)80(131-88(86(117)119-7)41-55(104)64(90-50(4)100)78(129-88)67(109)57(106)43-94)75(61(47-98)124-84)126-81-65(91-51(5)101)76(68(110)58(44-95)121-81)127-83-72(114)79(69(111)59(45-96)122-83)130-87(85(116)118-6)40-54(103)63(89-49(3)99)77(128-87)66(108)56(105)42-93/h36,38,52-61,63-84,93-98,102-106,108-115H,8-35,37,39-48H2,1-7H3,(H,89,99)(H,90,100)(H,91,101)(H,92,107)/b38-36+/t52-,53+,54-,55-,56?,57?,58-,59-,60-,61-,63+,64+,65-,66?,67?,68+,69+,70-,71-,72-,73-,74-,75+,76-,77+,78+,79+,80-,81+,82-,83+,84+,87-,88-/m1/s1. The number of unbranched alkanes of at least 4 members (excludes halogenated alkanes) is 27. The molecule has 0 aromatic carbocycles. The predicted octanol–water partition coefficient (Wildman–Crippen LogP) is -2.91. The van der Waals surface area contributed by atoms with Crippen molar-refractivity contribution < 1.29 is 192 Å². The van der Waals surface area contributed by atoms with Crippen LogP contribution in [0.15, 0.2) is 12.2 Å². The first-order chi connectivity index (χ1) is 62.6. The van der Waals surface area contributed by atoms with Crippen LogP contribution in [0.3, 0.4) is 0 Å². The highest BCUT2D eigenvalue weighted by Gasteiger charge is 2.65. The van der Waals surface area contributed by atoms with Gasteiger partial charge in [0, 0.05) is 40.0 Å². The summed E-state index contributed by atoms with van der Waals surface area (Å²) in [5.74, 6) is -12.7. The van der Waals surface area contributed by atoms with Gasteiger partial charge in [0.1, 0.15) is 134 Å². The Morgan fingerprint density at radius 1 is 0.405 bits per heavy atom. The summed E-state index contributed by atoms with van der Waals surface area (Å²) < 4.78 is 84.0. The molecule has 4 amide bonds. The lowest BCUT2D eigenvalue weighted by Crippen LogP contribution is -2.72. The van der Waals surface area contributed by atoms with Crippen LogP contribution in [0.2, 0.25) is 0 Å². The lowest BCUT2D eigenvalue weighted by atomic mass is 9.88. The van der Waals surface area contributed by atoms with E-state index in [4.69, 9.17) is 66.3 Å². The summed E-state index contributed by atoms with van der Waals surface area (Å²) in [4.78, 5) is 81.2. The molecule has 6 rings (SSSR count). The maximum atomic E-state index is 14.7. The van der Waals surface area contributed by atoms with Gasteiger partial charge in [-0.3, -0.25) is 19.2 Å². The summed E-state index contributed by atoms with van der Waals surface area (Å²) in [5.41, 5.74) is 0. The molecule has 6 fully saturated rings. The van der Waals surface area contributed by atoms with Crippen molar-refractivity contribution in [3.05, 3.63) is 12.2 Å². The summed E-state index contributed by atoms with van der Waals surface area (Å²) in [6, 6.07) is -6.77. The van der Waals surface area contributed by atoms with Crippen molar-refractivity contribution in [1.82, 2.24) is 21.3 Å². The number of esters is 2. The molecule has 0 aromatic rings. The third kappa shape index (κ3) is 34.1. The Kier molecular flexibility index (Phi) is 52.3. The highest BCUT2D eigenvalue weighted by Crippen LogP contribution is 2.44. The van der Waals surface area contributed by atoms with E-state index in [-0.39, 0.29) is 6.42 Å². The molecule has 34 atom stereocenters. The minimum Gasteiger partial charge on any atom is -0.465 e. The average molecular weight is 1890 g/mol. The van der Waals surface area contributed by atoms with Crippen LogP contribution in [0.25, 0.3) is 0 Å². The molecule has 6 heterocycles. The largest absolute Gasteiger partial charge is 0.465 e. The highest BCUT2D eigenvalue weighted by atomic mass is 16.8. The Bertz CT molecular complexity index is 3280. The molecule has 4 unspecified atom stereocenters. The van der Waals surface area contributed by atoms with Gasteiger partial charge >= 0.3 is 11.9 Å². The zero-order valence-corrected chi connectivity index (χ0v) is 76.9. The summed E-state index contributed by atoms with van der Waals surface area (Å²) in [5, 5.41) is 227. The number of amides is 4. The summed E-state index contributed by atoms with van der Waals surface area (Å²) >= 11 is 0. The second-order valence-corrected chi connectivity index (χ2v) is 35.3. The number of hydrogen-bond acceptors (Lipinski definition) is 39. The van der Waals surface area contributed by atoms with Crippen molar-refractivity contribution in [3.63, 3.8) is 0 Å². The van der Waals surface area contributed by atoms with Crippen LogP contribution >= 0.6 is 0 Å². The monoisotopic (exact) mass is 1890 g/mol. The predicted molar refractivity (Wildman–Crippen MR) is 458 cm³/mol. The molecule has 43 heteroatoms. The lowest BCUT2D eigenvalue weighted by molar-refractivity contribution is -0.405. The van der Waals surface area contributed by atoms with Crippen LogP contribution in [0.1, 0.15) is 240 Å². The maximum Gasteiger partial charge on any atom is 0.366 e. The topological polar surface area (TPSA) is 664 Å². The molecule has 0 aromatic heterocycles. The zero-order valence-electron chi connectivity index (χ0n) is 76.9. The fourth-order valence-corrected chi connectivity index (χ4v) is 17.6. The van der Waals surface area contributed by atoms with E-state index in [0.29, 0.717) is 12.8 Å². The first kappa shape index (κ1) is 115. The minimum absolute atomic E-state index is 0.105. The number of methoxy groups -OCH3 is 2. The third-order valence-corrected chi connectivity index (χ3v) is 24.9. The Hall–Kier alpha value is -4.68. The van der Waals surface area contributed by atoms with E-state index in [2.05, 4.69) is 35.1 Å². The molecule has 0 spiro atoms. The Balaban J connectivity index is 1.30. The number of allylic oxidation sites excluding steroid dienone is 1. The van der Waals surface area contributed by atoms with E-state index >= 15 is 0 Å². The summed E-state index contributed by atoms with van der Waals surface area (Å²) in [6.45, 7) is -0.483. The van der Waals surface area contributed by atoms with Crippen LogP contribution in [0, 0.1) is 0 Å². The first-order valence-corrected chi connectivity index (χ1v) is 47.0. The molecule has 0 aliphatic carbocycles. The first-order valence-electron chi connectivity index (χ1n) is 47.0. The van der Waals surface area contributed by atoms with Gasteiger partial charge in [-0.15, -0.1) is 0 Å². The molecule has 0 saturated carbocycles. The Labute approximate surface area is 766 Å². The molecular weight excluding hydrogens is 1740 g/mol. The van der Waals surface area contributed by atoms with Gasteiger partial charge in [0.15, 0.2) is 25.2 Å². The average Bonchev–Trinajstić information content (AvgIpc) is 0.440.